The summed E-state index contributed by atoms with van der Waals surface area (Å²) in [6.07, 6.45) is 2.08. The van der Waals surface area contributed by atoms with Gasteiger partial charge in [-0.15, -0.1) is 0 Å². The molecule has 0 aromatic heterocycles. The smallest absolute Gasteiger partial charge is 0.191 e. The first kappa shape index (κ1) is 17.5. The lowest BCUT2D eigenvalue weighted by Gasteiger charge is -2.13. The van der Waals surface area contributed by atoms with Gasteiger partial charge in [-0.3, -0.25) is 4.99 Å². The zero-order valence-electron chi connectivity index (χ0n) is 13.6. The predicted octanol–water partition coefficient (Wildman–Crippen LogP) is 2.95. The van der Waals surface area contributed by atoms with Gasteiger partial charge in [-0.2, -0.15) is 0 Å². The standard InChI is InChI=1S/C17H29N3O/c1-4-18-17(20-15(2)3)19-12-8-9-13-21-14-16-10-6-5-7-11-16/h5-7,10-11,15H,4,8-9,12-14H2,1-3H3,(H2,18,19,20). The van der Waals surface area contributed by atoms with E-state index in [0.29, 0.717) is 12.6 Å². The second kappa shape index (κ2) is 11.1. The van der Waals surface area contributed by atoms with Crippen LogP contribution in [0.15, 0.2) is 35.3 Å². The van der Waals surface area contributed by atoms with E-state index >= 15 is 0 Å². The normalized spacial score (nSPS) is 11.7. The molecule has 1 aromatic rings. The molecule has 0 spiro atoms. The lowest BCUT2D eigenvalue weighted by Crippen LogP contribution is -2.41. The average molecular weight is 291 g/mol. The largest absolute Gasteiger partial charge is 0.377 e. The van der Waals surface area contributed by atoms with Crippen molar-refractivity contribution in [3.05, 3.63) is 35.9 Å². The first-order chi connectivity index (χ1) is 10.2. The molecule has 0 radical (unpaired) electrons. The third-order valence-corrected chi connectivity index (χ3v) is 2.85. The van der Waals surface area contributed by atoms with Crippen LogP contribution in [0.5, 0.6) is 0 Å². The lowest BCUT2D eigenvalue weighted by atomic mass is 10.2. The van der Waals surface area contributed by atoms with Crippen LogP contribution in [-0.2, 0) is 11.3 Å². The monoisotopic (exact) mass is 291 g/mol. The highest BCUT2D eigenvalue weighted by molar-refractivity contribution is 5.79. The number of guanidine groups is 1. The van der Waals surface area contributed by atoms with Gasteiger partial charge >= 0.3 is 0 Å². The zero-order valence-corrected chi connectivity index (χ0v) is 13.6. The Morgan fingerprint density at radius 1 is 1.19 bits per heavy atom. The molecule has 4 heteroatoms. The number of unbranched alkanes of at least 4 members (excludes halogenated alkanes) is 1. The van der Waals surface area contributed by atoms with Gasteiger partial charge < -0.3 is 15.4 Å². The van der Waals surface area contributed by atoms with E-state index < -0.39 is 0 Å². The second-order valence-corrected chi connectivity index (χ2v) is 5.30. The molecule has 0 fully saturated rings. The number of nitrogens with one attached hydrogen (secondary N) is 2. The minimum Gasteiger partial charge on any atom is -0.377 e. The van der Waals surface area contributed by atoms with Crippen LogP contribution in [0, 0.1) is 0 Å². The van der Waals surface area contributed by atoms with Crippen LogP contribution in [0.2, 0.25) is 0 Å². The Balaban J connectivity index is 2.09. The predicted molar refractivity (Wildman–Crippen MR) is 89.6 cm³/mol. The van der Waals surface area contributed by atoms with Crippen molar-refractivity contribution in [2.75, 3.05) is 19.7 Å². The Morgan fingerprint density at radius 3 is 2.62 bits per heavy atom. The highest BCUT2D eigenvalue weighted by Crippen LogP contribution is 2.01. The molecule has 0 bridgehead atoms. The molecule has 0 aliphatic heterocycles. The fraction of sp³-hybridized carbons (Fsp3) is 0.588. The molecule has 0 aliphatic carbocycles. The Bertz CT molecular complexity index is 390. The number of nitrogens with zero attached hydrogens (tertiary/aromatic N) is 1. The van der Waals surface area contributed by atoms with E-state index in [2.05, 4.69) is 48.5 Å². The molecule has 1 aromatic carbocycles. The minimum absolute atomic E-state index is 0.400. The SMILES string of the molecule is CCNC(=NCCCCOCc1ccccc1)NC(C)C. The third-order valence-electron chi connectivity index (χ3n) is 2.85. The number of ether oxygens (including phenoxy) is 1. The molecule has 0 heterocycles. The highest BCUT2D eigenvalue weighted by atomic mass is 16.5. The van der Waals surface area contributed by atoms with E-state index in [-0.39, 0.29) is 0 Å². The van der Waals surface area contributed by atoms with Gasteiger partial charge in [0.15, 0.2) is 5.96 Å². The van der Waals surface area contributed by atoms with E-state index in [0.717, 1.165) is 38.5 Å². The van der Waals surface area contributed by atoms with E-state index in [1.807, 2.05) is 18.2 Å². The summed E-state index contributed by atoms with van der Waals surface area (Å²) < 4.78 is 5.66. The van der Waals surface area contributed by atoms with Crippen molar-refractivity contribution in [2.45, 2.75) is 46.3 Å². The Labute approximate surface area is 129 Å². The van der Waals surface area contributed by atoms with Gasteiger partial charge in [-0.05, 0) is 39.2 Å². The maximum atomic E-state index is 5.66. The maximum Gasteiger partial charge on any atom is 0.191 e. The van der Waals surface area contributed by atoms with E-state index in [4.69, 9.17) is 4.74 Å². The van der Waals surface area contributed by atoms with Crippen LogP contribution in [0.3, 0.4) is 0 Å². The molecule has 2 N–H and O–H groups in total. The summed E-state index contributed by atoms with van der Waals surface area (Å²) in [4.78, 5) is 4.55. The molecular weight excluding hydrogens is 262 g/mol. The Hall–Kier alpha value is -1.55. The third kappa shape index (κ3) is 9.08. The van der Waals surface area contributed by atoms with Crippen molar-refractivity contribution in [3.8, 4) is 0 Å². The van der Waals surface area contributed by atoms with Crippen LogP contribution in [0.4, 0.5) is 0 Å². The summed E-state index contributed by atoms with van der Waals surface area (Å²) in [7, 11) is 0. The minimum atomic E-state index is 0.400. The van der Waals surface area contributed by atoms with Crippen molar-refractivity contribution in [2.24, 2.45) is 4.99 Å². The number of hydrogen-bond acceptors (Lipinski definition) is 2. The molecule has 21 heavy (non-hydrogen) atoms. The average Bonchev–Trinajstić information content (AvgIpc) is 2.47. The molecule has 0 amide bonds. The molecular formula is C17H29N3O. The summed E-state index contributed by atoms with van der Waals surface area (Å²) in [6, 6.07) is 10.7. The van der Waals surface area contributed by atoms with Crippen LogP contribution in [0.1, 0.15) is 39.2 Å². The van der Waals surface area contributed by atoms with Crippen LogP contribution in [-0.4, -0.2) is 31.7 Å². The first-order valence-corrected chi connectivity index (χ1v) is 7.89. The number of rotatable bonds is 9. The van der Waals surface area contributed by atoms with Gasteiger partial charge in [0, 0.05) is 25.7 Å². The van der Waals surface area contributed by atoms with Crippen molar-refractivity contribution in [1.82, 2.24) is 10.6 Å². The summed E-state index contributed by atoms with van der Waals surface area (Å²) in [6.45, 7) is 9.51. The zero-order chi connectivity index (χ0) is 15.3. The van der Waals surface area contributed by atoms with Crippen LogP contribution >= 0.6 is 0 Å². The Morgan fingerprint density at radius 2 is 1.95 bits per heavy atom. The molecule has 118 valence electrons. The molecule has 1 rings (SSSR count). The topological polar surface area (TPSA) is 45.7 Å². The van der Waals surface area contributed by atoms with Crippen LogP contribution in [0.25, 0.3) is 0 Å². The summed E-state index contributed by atoms with van der Waals surface area (Å²) in [5.74, 6) is 0.901. The number of aliphatic imine (C=N–C) groups is 1. The molecule has 4 nitrogen and oxygen atoms in total. The molecule has 0 saturated carbocycles. The fourth-order valence-electron chi connectivity index (χ4n) is 1.86. The first-order valence-electron chi connectivity index (χ1n) is 7.89. The number of benzene rings is 1. The highest BCUT2D eigenvalue weighted by Gasteiger charge is 1.98. The maximum absolute atomic E-state index is 5.66. The molecule has 0 aliphatic rings. The summed E-state index contributed by atoms with van der Waals surface area (Å²) >= 11 is 0. The van der Waals surface area contributed by atoms with Gasteiger partial charge in [0.25, 0.3) is 0 Å². The lowest BCUT2D eigenvalue weighted by molar-refractivity contribution is 0.117. The van der Waals surface area contributed by atoms with Gasteiger partial charge in [-0.25, -0.2) is 0 Å². The van der Waals surface area contributed by atoms with Crippen molar-refractivity contribution in [1.29, 1.82) is 0 Å². The quantitative estimate of drug-likeness (QED) is 0.418. The van der Waals surface area contributed by atoms with Gasteiger partial charge in [0.2, 0.25) is 0 Å². The number of hydrogen-bond donors (Lipinski definition) is 2. The van der Waals surface area contributed by atoms with Crippen molar-refractivity contribution in [3.63, 3.8) is 0 Å². The van der Waals surface area contributed by atoms with Gasteiger partial charge in [-0.1, -0.05) is 30.3 Å². The van der Waals surface area contributed by atoms with E-state index in [9.17, 15) is 0 Å². The molecule has 0 atom stereocenters. The van der Waals surface area contributed by atoms with Gasteiger partial charge in [0.05, 0.1) is 6.61 Å². The second-order valence-electron chi connectivity index (χ2n) is 5.30. The van der Waals surface area contributed by atoms with Crippen molar-refractivity contribution < 1.29 is 4.74 Å². The summed E-state index contributed by atoms with van der Waals surface area (Å²) in [5, 5.41) is 6.56. The Kier molecular flexibility index (Phi) is 9.29. The molecule has 0 saturated heterocycles. The van der Waals surface area contributed by atoms with Crippen LogP contribution < -0.4 is 10.6 Å². The van der Waals surface area contributed by atoms with Crippen molar-refractivity contribution >= 4 is 5.96 Å². The fourth-order valence-corrected chi connectivity index (χ4v) is 1.86. The van der Waals surface area contributed by atoms with E-state index in [1.54, 1.807) is 0 Å². The summed E-state index contributed by atoms with van der Waals surface area (Å²) in [5.41, 5.74) is 1.23. The van der Waals surface area contributed by atoms with E-state index in [1.165, 1.54) is 5.56 Å². The van der Waals surface area contributed by atoms with Gasteiger partial charge in [0.1, 0.15) is 0 Å². The molecule has 0 unspecified atom stereocenters.